The minimum atomic E-state index is 0.355. The van der Waals surface area contributed by atoms with Crippen LogP contribution in [0.3, 0.4) is 0 Å². The highest BCUT2D eigenvalue weighted by Gasteiger charge is 2.12. The van der Waals surface area contributed by atoms with Gasteiger partial charge in [0.15, 0.2) is 11.3 Å². The summed E-state index contributed by atoms with van der Waals surface area (Å²) in [6.07, 6.45) is 2.17. The van der Waals surface area contributed by atoms with Gasteiger partial charge in [0.05, 0.1) is 6.54 Å². The molecule has 0 radical (unpaired) electrons. The van der Waals surface area contributed by atoms with E-state index < -0.39 is 0 Å². The lowest BCUT2D eigenvalue weighted by Gasteiger charge is -2.15. The summed E-state index contributed by atoms with van der Waals surface area (Å²) in [5, 5.41) is 10.1. The molecule has 0 spiro atoms. The van der Waals surface area contributed by atoms with Gasteiger partial charge >= 0.3 is 0 Å². The maximum Gasteiger partial charge on any atom is 0.191 e. The molecule has 0 fully saturated rings. The van der Waals surface area contributed by atoms with Gasteiger partial charge in [0.1, 0.15) is 11.6 Å². The maximum absolute atomic E-state index is 9.50. The van der Waals surface area contributed by atoms with Crippen molar-refractivity contribution in [2.75, 3.05) is 10.6 Å². The number of nitrogen functional groups attached to an aromatic ring is 1. The molecule has 0 bridgehead atoms. The first-order valence-electron chi connectivity index (χ1n) is 7.77. The van der Waals surface area contributed by atoms with Crippen LogP contribution < -0.4 is 10.6 Å². The molecule has 5 nitrogen and oxygen atoms in total. The summed E-state index contributed by atoms with van der Waals surface area (Å²) < 4.78 is 0. The molecule has 1 heterocycles. The van der Waals surface area contributed by atoms with E-state index in [0.717, 1.165) is 11.3 Å². The van der Waals surface area contributed by atoms with Crippen LogP contribution in [0.1, 0.15) is 11.1 Å². The molecule has 2 aromatic carbocycles. The van der Waals surface area contributed by atoms with Crippen LogP contribution >= 0.6 is 11.8 Å². The van der Waals surface area contributed by atoms with Crippen molar-refractivity contribution in [1.82, 2.24) is 9.97 Å². The molecule has 0 aliphatic heterocycles. The summed E-state index contributed by atoms with van der Waals surface area (Å²) in [6, 6.07) is 21.5. The number of nitrogens with two attached hydrogens (primary N) is 1. The second kappa shape index (κ2) is 8.18. The van der Waals surface area contributed by atoms with Crippen LogP contribution in [0.25, 0.3) is 0 Å². The van der Waals surface area contributed by atoms with E-state index in [4.69, 9.17) is 5.73 Å². The first-order valence-corrected chi connectivity index (χ1v) is 8.75. The lowest BCUT2D eigenvalue weighted by Crippen LogP contribution is -2.18. The summed E-state index contributed by atoms with van der Waals surface area (Å²) in [6.45, 7) is 0.441. The summed E-state index contributed by atoms with van der Waals surface area (Å²) >= 11 is 1.50. The first kappa shape index (κ1) is 16.8. The molecule has 0 saturated carbocycles. The highest BCUT2D eigenvalue weighted by Crippen LogP contribution is 2.24. The molecule has 25 heavy (non-hydrogen) atoms. The van der Waals surface area contributed by atoms with Crippen molar-refractivity contribution < 1.29 is 0 Å². The highest BCUT2D eigenvalue weighted by molar-refractivity contribution is 7.98. The fraction of sp³-hybridized carbons (Fsp3) is 0.105. The Hall–Kier alpha value is -3.04. The standard InChI is InChI=1S/C19H17N5S/c20-14-24(12-15-7-3-1-4-8-15)18-11-17(21)22-19(23-18)25-13-16-9-5-2-6-10-16/h1-11H,12-13H2,(H2,21,22,23). The third-order valence-electron chi connectivity index (χ3n) is 3.50. The number of thioether (sulfide) groups is 1. The smallest absolute Gasteiger partial charge is 0.191 e. The van der Waals surface area contributed by atoms with Crippen LogP contribution in [0.2, 0.25) is 0 Å². The Morgan fingerprint density at radius 1 is 0.960 bits per heavy atom. The maximum atomic E-state index is 9.50. The second-order valence-electron chi connectivity index (χ2n) is 5.38. The molecule has 2 N–H and O–H groups in total. The summed E-state index contributed by atoms with van der Waals surface area (Å²) in [7, 11) is 0. The largest absolute Gasteiger partial charge is 0.383 e. The lowest BCUT2D eigenvalue weighted by molar-refractivity contribution is 0.894. The van der Waals surface area contributed by atoms with E-state index in [0.29, 0.717) is 23.3 Å². The van der Waals surface area contributed by atoms with E-state index in [1.54, 1.807) is 6.07 Å². The molecule has 0 amide bonds. The van der Waals surface area contributed by atoms with Crippen LogP contribution in [-0.2, 0) is 12.3 Å². The SMILES string of the molecule is N#CN(Cc1ccccc1)c1cc(N)nc(SCc2ccccc2)n1. The summed E-state index contributed by atoms with van der Waals surface area (Å²) in [5.74, 6) is 1.61. The van der Waals surface area contributed by atoms with E-state index in [1.165, 1.54) is 22.2 Å². The number of nitriles is 1. The molecular weight excluding hydrogens is 330 g/mol. The first-order chi connectivity index (χ1) is 12.2. The molecule has 0 aliphatic carbocycles. The molecule has 124 valence electrons. The van der Waals surface area contributed by atoms with E-state index in [2.05, 4.69) is 28.3 Å². The molecule has 0 atom stereocenters. The van der Waals surface area contributed by atoms with Crippen molar-refractivity contribution in [3.8, 4) is 6.19 Å². The lowest BCUT2D eigenvalue weighted by atomic mass is 10.2. The monoisotopic (exact) mass is 347 g/mol. The average molecular weight is 347 g/mol. The second-order valence-corrected chi connectivity index (χ2v) is 6.32. The number of hydrogen-bond acceptors (Lipinski definition) is 6. The van der Waals surface area contributed by atoms with Crippen molar-refractivity contribution in [3.05, 3.63) is 77.9 Å². The Morgan fingerprint density at radius 2 is 1.60 bits per heavy atom. The third kappa shape index (κ3) is 4.72. The highest BCUT2D eigenvalue weighted by atomic mass is 32.2. The molecule has 3 rings (SSSR count). The zero-order valence-electron chi connectivity index (χ0n) is 13.5. The number of anilines is 2. The molecule has 0 aliphatic rings. The van der Waals surface area contributed by atoms with Gasteiger partial charge in [-0.05, 0) is 11.1 Å². The predicted molar refractivity (Wildman–Crippen MR) is 101 cm³/mol. The van der Waals surface area contributed by atoms with Crippen LogP contribution in [-0.4, -0.2) is 9.97 Å². The van der Waals surface area contributed by atoms with Gasteiger partial charge < -0.3 is 5.73 Å². The van der Waals surface area contributed by atoms with Gasteiger partial charge in [-0.2, -0.15) is 5.26 Å². The third-order valence-corrected chi connectivity index (χ3v) is 4.42. The molecule has 6 heteroatoms. The fourth-order valence-corrected chi connectivity index (χ4v) is 3.11. The Labute approximate surface area is 151 Å². The number of aromatic nitrogens is 2. The topological polar surface area (TPSA) is 78.8 Å². The Bertz CT molecular complexity index is 862. The molecule has 3 aromatic rings. The number of nitrogens with zero attached hydrogens (tertiary/aromatic N) is 4. The predicted octanol–water partition coefficient (Wildman–Crippen LogP) is 3.84. The zero-order chi connectivity index (χ0) is 17.5. The molecule has 1 aromatic heterocycles. The number of rotatable bonds is 6. The van der Waals surface area contributed by atoms with E-state index >= 15 is 0 Å². The van der Waals surface area contributed by atoms with Crippen molar-refractivity contribution in [2.24, 2.45) is 0 Å². The van der Waals surface area contributed by atoms with Crippen LogP contribution in [0.5, 0.6) is 0 Å². The van der Waals surface area contributed by atoms with Gasteiger partial charge in [-0.15, -0.1) is 0 Å². The van der Waals surface area contributed by atoms with Gasteiger partial charge in [-0.25, -0.2) is 9.97 Å². The van der Waals surface area contributed by atoms with Gasteiger partial charge in [0.25, 0.3) is 0 Å². The van der Waals surface area contributed by atoms with E-state index in [9.17, 15) is 5.26 Å². The van der Waals surface area contributed by atoms with Gasteiger partial charge in [0, 0.05) is 11.8 Å². The van der Waals surface area contributed by atoms with Gasteiger partial charge in [-0.3, -0.25) is 4.90 Å². The van der Waals surface area contributed by atoms with Crippen molar-refractivity contribution >= 4 is 23.4 Å². The minimum absolute atomic E-state index is 0.355. The molecular formula is C19H17N5S. The summed E-state index contributed by atoms with van der Waals surface area (Å²) in [4.78, 5) is 10.3. The number of hydrogen-bond donors (Lipinski definition) is 1. The number of benzene rings is 2. The van der Waals surface area contributed by atoms with Crippen molar-refractivity contribution in [3.63, 3.8) is 0 Å². The Morgan fingerprint density at radius 3 is 2.24 bits per heavy atom. The van der Waals surface area contributed by atoms with Gasteiger partial charge in [0.2, 0.25) is 0 Å². The summed E-state index contributed by atoms with van der Waals surface area (Å²) in [5.41, 5.74) is 8.12. The molecule has 0 saturated heterocycles. The van der Waals surface area contributed by atoms with Crippen LogP contribution in [0.15, 0.2) is 71.9 Å². The molecule has 0 unspecified atom stereocenters. The normalized spacial score (nSPS) is 10.2. The van der Waals surface area contributed by atoms with Crippen LogP contribution in [0.4, 0.5) is 11.6 Å². The van der Waals surface area contributed by atoms with Crippen molar-refractivity contribution in [2.45, 2.75) is 17.5 Å². The fourth-order valence-electron chi connectivity index (χ4n) is 2.29. The van der Waals surface area contributed by atoms with E-state index in [-0.39, 0.29) is 0 Å². The van der Waals surface area contributed by atoms with Crippen LogP contribution in [0, 0.1) is 11.5 Å². The minimum Gasteiger partial charge on any atom is -0.383 e. The quantitative estimate of drug-likeness (QED) is 0.316. The van der Waals surface area contributed by atoms with Crippen molar-refractivity contribution in [1.29, 1.82) is 5.26 Å². The Kier molecular flexibility index (Phi) is 5.50. The van der Waals surface area contributed by atoms with Gasteiger partial charge in [-0.1, -0.05) is 72.4 Å². The zero-order valence-corrected chi connectivity index (χ0v) is 14.4. The average Bonchev–Trinajstić information content (AvgIpc) is 2.66. The van der Waals surface area contributed by atoms with E-state index in [1.807, 2.05) is 48.5 Å². The Balaban J connectivity index is 1.76.